The van der Waals surface area contributed by atoms with E-state index in [9.17, 15) is 14.7 Å². The van der Waals surface area contributed by atoms with Gasteiger partial charge in [-0.15, -0.1) is 0 Å². The Bertz CT molecular complexity index is 1310. The van der Waals surface area contributed by atoms with Crippen molar-refractivity contribution in [2.75, 3.05) is 55.6 Å². The van der Waals surface area contributed by atoms with Crippen molar-refractivity contribution in [3.8, 4) is 0 Å². The molecule has 9 heteroatoms. The minimum atomic E-state index is -0.616. The number of ether oxygens (including phenoxy) is 6. The Kier molecular flexibility index (Phi) is 12.9. The summed E-state index contributed by atoms with van der Waals surface area (Å²) in [6.07, 6.45) is 9.38. The minimum absolute atomic E-state index is 0.00741. The second kappa shape index (κ2) is 15.8. The molecule has 0 spiro atoms. The molecule has 6 rings (SSSR count). The highest BCUT2D eigenvalue weighted by Gasteiger charge is 2.69. The fraction of sp³-hybridized carbons (Fsp3) is 0.955. The molecule has 0 saturated heterocycles. The van der Waals surface area contributed by atoms with Crippen LogP contribution < -0.4 is 0 Å². The number of carbonyl (C=O) groups excluding carboxylic acids is 2. The molecule has 16 atom stereocenters. The molecule has 9 nitrogen and oxygen atoms in total. The standard InChI is InChI=1S/C23H40O5.C21H36O4/c1-15-8-10-23-11-9-17(27-7)19(23)22(15,4)18(28-14-26-6)12-21(3,13-25-5)20(24)16(23)2;1-13-7-9-21-10-8-15(25-6)17(21)20(13,4)16(22)11-19(3,12-24-5)18(23)14(21)2/h15-19H,8-14H2,1-7H3;13-17,22H,7-12H2,1-6H3/t15-,16+,17-,18-,19?,21+,22+,23?;13-,14+,15-,16-,17?,19+,20+,21?/m11/s1. The van der Waals surface area contributed by atoms with Crippen molar-refractivity contribution in [2.45, 2.75) is 144 Å². The highest BCUT2D eigenvalue weighted by Crippen LogP contribution is 2.70. The van der Waals surface area contributed by atoms with E-state index in [1.807, 2.05) is 14.0 Å². The first-order chi connectivity index (χ1) is 24.9. The number of hydrogen-bond donors (Lipinski definition) is 1. The molecular formula is C44H76O9. The molecule has 4 unspecified atom stereocenters. The summed E-state index contributed by atoms with van der Waals surface area (Å²) in [5, 5.41) is 11.4. The Hall–Kier alpha value is -0.940. The highest BCUT2D eigenvalue weighted by atomic mass is 16.7. The van der Waals surface area contributed by atoms with Crippen molar-refractivity contribution in [2.24, 2.45) is 68.0 Å². The highest BCUT2D eigenvalue weighted by molar-refractivity contribution is 5.88. The number of aliphatic hydroxyl groups excluding tert-OH is 1. The second-order valence-electron chi connectivity index (χ2n) is 19.8. The first-order valence-electron chi connectivity index (χ1n) is 20.8. The van der Waals surface area contributed by atoms with Crippen LogP contribution in [0.2, 0.25) is 0 Å². The summed E-state index contributed by atoms with van der Waals surface area (Å²) in [6.45, 7) is 18.7. The summed E-state index contributed by atoms with van der Waals surface area (Å²) in [6, 6.07) is 0. The monoisotopic (exact) mass is 749 g/mol. The fourth-order valence-corrected chi connectivity index (χ4v) is 14.3. The van der Waals surface area contributed by atoms with Crippen LogP contribution in [0.15, 0.2) is 0 Å². The Morgan fingerprint density at radius 1 is 0.604 bits per heavy atom. The molecule has 6 aliphatic rings. The van der Waals surface area contributed by atoms with Crippen molar-refractivity contribution in [1.82, 2.24) is 0 Å². The maximum Gasteiger partial charge on any atom is 0.146 e. The number of methoxy groups -OCH3 is 5. The van der Waals surface area contributed by atoms with Crippen LogP contribution in [0, 0.1) is 68.0 Å². The zero-order chi connectivity index (χ0) is 39.4. The van der Waals surface area contributed by atoms with Crippen LogP contribution in [0.5, 0.6) is 0 Å². The molecule has 0 aromatic heterocycles. The predicted molar refractivity (Wildman–Crippen MR) is 205 cm³/mol. The van der Waals surface area contributed by atoms with Gasteiger partial charge in [0.1, 0.15) is 18.4 Å². The Balaban J connectivity index is 0.000000206. The lowest BCUT2D eigenvalue weighted by atomic mass is 9.44. The van der Waals surface area contributed by atoms with E-state index in [0.29, 0.717) is 49.6 Å². The molecule has 0 heterocycles. The van der Waals surface area contributed by atoms with Gasteiger partial charge in [0.2, 0.25) is 0 Å². The molecule has 53 heavy (non-hydrogen) atoms. The molecule has 0 amide bonds. The van der Waals surface area contributed by atoms with Crippen LogP contribution in [-0.2, 0) is 38.0 Å². The molecule has 1 N–H and O–H groups in total. The van der Waals surface area contributed by atoms with Gasteiger partial charge in [-0.2, -0.15) is 0 Å². The third-order valence-corrected chi connectivity index (χ3v) is 17.6. The summed E-state index contributed by atoms with van der Waals surface area (Å²) in [7, 11) is 8.63. The SMILES string of the molecule is COCO[C@@H]1C[C@@](C)(COC)C(=O)[C@H](C)C23CC[C@@H](C)[C@]1(C)C2[C@H](OC)CC3.COC[C@]1(C)C[C@@H](O)[C@@]2(C)C3[C@H](OC)CCC3(CC[C@H]2C)[C@@H](C)C1=O. The first kappa shape index (κ1) is 43.2. The lowest BCUT2D eigenvalue weighted by Gasteiger charge is -2.62. The Morgan fingerprint density at radius 2 is 1.02 bits per heavy atom. The molecule has 6 aliphatic carbocycles. The van der Waals surface area contributed by atoms with Gasteiger partial charge in [0.25, 0.3) is 0 Å². The number of hydrogen-bond acceptors (Lipinski definition) is 9. The second-order valence-corrected chi connectivity index (χ2v) is 19.8. The number of rotatable bonds is 9. The molecule has 4 bridgehead atoms. The third kappa shape index (κ3) is 6.54. The normalized spacial score (nSPS) is 50.9. The molecule has 0 aliphatic heterocycles. The van der Waals surface area contributed by atoms with Gasteiger partial charge in [-0.25, -0.2) is 0 Å². The van der Waals surface area contributed by atoms with Crippen LogP contribution in [0.3, 0.4) is 0 Å². The number of carbonyl (C=O) groups is 2. The van der Waals surface area contributed by atoms with Gasteiger partial charge >= 0.3 is 0 Å². The van der Waals surface area contributed by atoms with Crippen LogP contribution in [0.25, 0.3) is 0 Å². The topological polar surface area (TPSA) is 110 Å². The van der Waals surface area contributed by atoms with Crippen LogP contribution in [0.1, 0.15) is 120 Å². The van der Waals surface area contributed by atoms with Crippen molar-refractivity contribution in [3.05, 3.63) is 0 Å². The molecule has 6 saturated carbocycles. The molecule has 0 radical (unpaired) electrons. The summed E-state index contributed by atoms with van der Waals surface area (Å²) in [5.74, 6) is 2.08. The quantitative estimate of drug-likeness (QED) is 0.239. The van der Waals surface area contributed by atoms with Gasteiger partial charge in [-0.05, 0) is 98.7 Å². The molecule has 6 fully saturated rings. The lowest BCUT2D eigenvalue weighted by Crippen LogP contribution is -2.63. The van der Waals surface area contributed by atoms with Crippen LogP contribution in [0.4, 0.5) is 0 Å². The fourth-order valence-electron chi connectivity index (χ4n) is 14.3. The zero-order valence-electron chi connectivity index (χ0n) is 35.7. The Labute approximate surface area is 321 Å². The Morgan fingerprint density at radius 3 is 1.45 bits per heavy atom. The van der Waals surface area contributed by atoms with Crippen molar-refractivity contribution >= 4 is 11.6 Å². The van der Waals surface area contributed by atoms with Gasteiger partial charge in [0, 0.05) is 58.2 Å². The smallest absolute Gasteiger partial charge is 0.146 e. The van der Waals surface area contributed by atoms with Gasteiger partial charge in [-0.3, -0.25) is 9.59 Å². The van der Waals surface area contributed by atoms with Gasteiger partial charge in [0.15, 0.2) is 0 Å². The van der Waals surface area contributed by atoms with Gasteiger partial charge in [0.05, 0.1) is 48.5 Å². The van der Waals surface area contributed by atoms with Crippen molar-refractivity contribution in [1.29, 1.82) is 0 Å². The largest absolute Gasteiger partial charge is 0.393 e. The van der Waals surface area contributed by atoms with E-state index in [2.05, 4.69) is 48.5 Å². The van der Waals surface area contributed by atoms with E-state index in [4.69, 9.17) is 28.4 Å². The van der Waals surface area contributed by atoms with Crippen LogP contribution >= 0.6 is 0 Å². The van der Waals surface area contributed by atoms with E-state index < -0.39 is 16.9 Å². The zero-order valence-corrected chi connectivity index (χ0v) is 35.7. The lowest BCUT2D eigenvalue weighted by molar-refractivity contribution is -0.221. The maximum absolute atomic E-state index is 13.8. The maximum atomic E-state index is 13.8. The van der Waals surface area contributed by atoms with E-state index >= 15 is 0 Å². The van der Waals surface area contributed by atoms with E-state index in [1.54, 1.807) is 28.4 Å². The molecular weight excluding hydrogens is 672 g/mol. The molecule has 0 aromatic rings. The number of ketones is 2. The third-order valence-electron chi connectivity index (χ3n) is 17.6. The summed E-state index contributed by atoms with van der Waals surface area (Å²) >= 11 is 0. The number of Topliss-reactive ketones (excluding diaryl/α,β-unsaturated/α-hetero) is 2. The van der Waals surface area contributed by atoms with Crippen LogP contribution in [-0.4, -0.2) is 96.6 Å². The predicted octanol–water partition coefficient (Wildman–Crippen LogP) is 7.54. The van der Waals surface area contributed by atoms with Gasteiger partial charge < -0.3 is 33.5 Å². The van der Waals surface area contributed by atoms with Gasteiger partial charge in [-0.1, -0.05) is 55.4 Å². The summed E-state index contributed by atoms with van der Waals surface area (Å²) < 4.78 is 34.6. The summed E-state index contributed by atoms with van der Waals surface area (Å²) in [4.78, 5) is 27.4. The van der Waals surface area contributed by atoms with E-state index in [-0.39, 0.29) is 70.3 Å². The molecule has 0 aromatic carbocycles. The van der Waals surface area contributed by atoms with E-state index in [1.165, 1.54) is 0 Å². The van der Waals surface area contributed by atoms with Crippen molar-refractivity contribution in [3.63, 3.8) is 0 Å². The van der Waals surface area contributed by atoms with E-state index in [0.717, 1.165) is 51.4 Å². The summed E-state index contributed by atoms with van der Waals surface area (Å²) in [5.41, 5.74) is -1.51. The average Bonchev–Trinajstić information content (AvgIpc) is 3.73. The van der Waals surface area contributed by atoms with Crippen molar-refractivity contribution < 1.29 is 43.1 Å². The molecule has 306 valence electrons. The number of aliphatic hydroxyl groups is 1. The first-order valence-corrected chi connectivity index (χ1v) is 20.8. The average molecular weight is 749 g/mol. The minimum Gasteiger partial charge on any atom is -0.393 e.